The smallest absolute Gasteiger partial charge is 0.404 e. The third kappa shape index (κ3) is 10.7. The van der Waals surface area contributed by atoms with E-state index in [1.807, 2.05) is 0 Å². The largest absolute Gasteiger partial charge is 0.450 e. The first-order chi connectivity index (χ1) is 2.77. The second-order valence-corrected chi connectivity index (χ2v) is 0.752. The fourth-order valence-electron chi connectivity index (χ4n) is 0.142. The second-order valence-electron chi connectivity index (χ2n) is 0.752. The fraction of sp³-hybridized carbons (Fsp3) is 0.667. The van der Waals surface area contributed by atoms with Crippen molar-refractivity contribution in [3.63, 3.8) is 0 Å². The number of nitrogens with two attached hydrogens (primary N) is 1. The van der Waals surface area contributed by atoms with Gasteiger partial charge < -0.3 is 10.5 Å². The molecule has 0 aliphatic heterocycles. The third-order valence-electron chi connectivity index (χ3n) is 0.287. The van der Waals surface area contributed by atoms with E-state index in [2.05, 4.69) is 10.5 Å². The number of ether oxygens (including phenoxy) is 1. The van der Waals surface area contributed by atoms with Crippen molar-refractivity contribution in [2.24, 2.45) is 5.73 Å². The van der Waals surface area contributed by atoms with Gasteiger partial charge in [-0.05, 0) is 6.92 Å². The minimum absolute atomic E-state index is 0. The van der Waals surface area contributed by atoms with Gasteiger partial charge in [-0.3, -0.25) is 0 Å². The van der Waals surface area contributed by atoms with Gasteiger partial charge in [-0.2, -0.15) is 0 Å². The summed E-state index contributed by atoms with van der Waals surface area (Å²) in [7, 11) is 0. The molecule has 0 fully saturated rings. The fourth-order valence-corrected chi connectivity index (χ4v) is 0.142. The Hall–Kier alpha value is -0.0417. The Kier molecular flexibility index (Phi) is 8.55. The molecule has 0 aliphatic rings. The minimum atomic E-state index is -0.711. The number of carbonyl (C=O) groups is 1. The molecule has 0 rings (SSSR count). The Labute approximate surface area is 56.5 Å². The number of hydrogen-bond donors (Lipinski definition) is 1. The molecule has 0 aliphatic carbocycles. The van der Waals surface area contributed by atoms with Crippen LogP contribution in [0.2, 0.25) is 0 Å². The Morgan fingerprint density at radius 3 is 2.29 bits per heavy atom. The molecular formula is C3H7NO2Pt. The van der Waals surface area contributed by atoms with Crippen molar-refractivity contribution >= 4 is 6.09 Å². The van der Waals surface area contributed by atoms with Crippen LogP contribution in [0.4, 0.5) is 4.79 Å². The van der Waals surface area contributed by atoms with Crippen molar-refractivity contribution in [1.82, 2.24) is 0 Å². The van der Waals surface area contributed by atoms with E-state index in [0.29, 0.717) is 6.61 Å². The van der Waals surface area contributed by atoms with E-state index < -0.39 is 6.09 Å². The normalized spacial score (nSPS) is 6.43. The quantitative estimate of drug-likeness (QED) is 0.742. The van der Waals surface area contributed by atoms with Crippen LogP contribution < -0.4 is 5.73 Å². The van der Waals surface area contributed by atoms with E-state index in [9.17, 15) is 4.79 Å². The van der Waals surface area contributed by atoms with Gasteiger partial charge in [-0.15, -0.1) is 0 Å². The Bertz CT molecular complexity index is 56.9. The molecule has 4 heteroatoms. The number of carbonyl (C=O) groups excluding carboxylic acids is 1. The zero-order valence-electron chi connectivity index (χ0n) is 3.92. The molecule has 1 amide bonds. The van der Waals surface area contributed by atoms with E-state index in [4.69, 9.17) is 0 Å². The Morgan fingerprint density at radius 2 is 2.29 bits per heavy atom. The van der Waals surface area contributed by atoms with E-state index in [1.165, 1.54) is 0 Å². The zero-order valence-corrected chi connectivity index (χ0v) is 6.19. The molecule has 2 N–H and O–H groups in total. The van der Waals surface area contributed by atoms with Gasteiger partial charge in [0, 0.05) is 21.1 Å². The zero-order chi connectivity index (χ0) is 4.99. The minimum Gasteiger partial charge on any atom is -0.450 e. The van der Waals surface area contributed by atoms with Crippen LogP contribution in [0.3, 0.4) is 0 Å². The molecule has 7 heavy (non-hydrogen) atoms. The van der Waals surface area contributed by atoms with Gasteiger partial charge in [0.25, 0.3) is 0 Å². The molecule has 0 saturated heterocycles. The molecule has 0 atom stereocenters. The maximum atomic E-state index is 9.60. The molecule has 0 saturated carbocycles. The van der Waals surface area contributed by atoms with Crippen molar-refractivity contribution in [1.29, 1.82) is 0 Å². The van der Waals surface area contributed by atoms with Gasteiger partial charge in [0.15, 0.2) is 0 Å². The molecule has 0 radical (unpaired) electrons. The topological polar surface area (TPSA) is 52.3 Å². The first-order valence-corrected chi connectivity index (χ1v) is 1.69. The van der Waals surface area contributed by atoms with Gasteiger partial charge in [0.1, 0.15) is 0 Å². The number of primary amides is 1. The molecular weight excluding hydrogens is 277 g/mol. The summed E-state index contributed by atoms with van der Waals surface area (Å²) in [5.74, 6) is 0. The maximum Gasteiger partial charge on any atom is 0.404 e. The third-order valence-corrected chi connectivity index (χ3v) is 0.287. The Morgan fingerprint density at radius 1 is 1.86 bits per heavy atom. The van der Waals surface area contributed by atoms with Crippen molar-refractivity contribution < 1.29 is 30.6 Å². The van der Waals surface area contributed by atoms with Crippen LogP contribution >= 0.6 is 0 Å². The van der Waals surface area contributed by atoms with Crippen LogP contribution in [-0.2, 0) is 25.8 Å². The van der Waals surface area contributed by atoms with Crippen LogP contribution in [-0.4, -0.2) is 12.7 Å². The monoisotopic (exact) mass is 284 g/mol. The molecule has 3 nitrogen and oxygen atoms in total. The average Bonchev–Trinajstić information content (AvgIpc) is 1.35. The summed E-state index contributed by atoms with van der Waals surface area (Å²) in [6, 6.07) is 0. The van der Waals surface area contributed by atoms with Gasteiger partial charge in [0.2, 0.25) is 0 Å². The summed E-state index contributed by atoms with van der Waals surface area (Å²) in [5.41, 5.74) is 4.54. The number of amides is 1. The standard InChI is InChI=1S/C3H7NO2.Pt/c1-2-6-3(4)5;/h2H2,1H3,(H2,4,5);. The summed E-state index contributed by atoms with van der Waals surface area (Å²) < 4.78 is 4.18. The van der Waals surface area contributed by atoms with Crippen LogP contribution in [0.25, 0.3) is 0 Å². The molecule has 0 aromatic heterocycles. The average molecular weight is 284 g/mol. The Balaban J connectivity index is 0. The van der Waals surface area contributed by atoms with Crippen LogP contribution in [0.5, 0.6) is 0 Å². The van der Waals surface area contributed by atoms with Crippen molar-refractivity contribution in [2.75, 3.05) is 6.61 Å². The van der Waals surface area contributed by atoms with E-state index >= 15 is 0 Å². The van der Waals surface area contributed by atoms with E-state index in [-0.39, 0.29) is 21.1 Å². The maximum absolute atomic E-state index is 9.60. The van der Waals surface area contributed by atoms with Gasteiger partial charge >= 0.3 is 6.09 Å². The van der Waals surface area contributed by atoms with E-state index in [1.54, 1.807) is 6.92 Å². The van der Waals surface area contributed by atoms with Gasteiger partial charge in [-0.25, -0.2) is 4.79 Å². The molecule has 46 valence electrons. The predicted molar refractivity (Wildman–Crippen MR) is 21.2 cm³/mol. The molecule has 0 spiro atoms. The van der Waals surface area contributed by atoms with Crippen molar-refractivity contribution in [2.45, 2.75) is 6.92 Å². The van der Waals surface area contributed by atoms with Crippen molar-refractivity contribution in [3.8, 4) is 0 Å². The number of hydrogen-bond acceptors (Lipinski definition) is 2. The first-order valence-electron chi connectivity index (χ1n) is 1.69. The predicted octanol–water partition coefficient (Wildman–Crippen LogP) is 0.0991. The second kappa shape index (κ2) is 5.96. The van der Waals surface area contributed by atoms with Crippen molar-refractivity contribution in [3.05, 3.63) is 0 Å². The van der Waals surface area contributed by atoms with Crippen LogP contribution in [0.1, 0.15) is 6.92 Å². The first kappa shape index (κ1) is 10.0. The summed E-state index contributed by atoms with van der Waals surface area (Å²) in [4.78, 5) is 9.60. The summed E-state index contributed by atoms with van der Waals surface area (Å²) in [5, 5.41) is 0. The molecule has 0 aromatic rings. The molecule has 0 unspecified atom stereocenters. The summed E-state index contributed by atoms with van der Waals surface area (Å²) >= 11 is 0. The van der Waals surface area contributed by atoms with Gasteiger partial charge in [-0.1, -0.05) is 0 Å². The summed E-state index contributed by atoms with van der Waals surface area (Å²) in [6.07, 6.45) is -0.711. The summed E-state index contributed by atoms with van der Waals surface area (Å²) in [6.45, 7) is 2.06. The molecule has 0 heterocycles. The van der Waals surface area contributed by atoms with Crippen LogP contribution in [0.15, 0.2) is 0 Å². The SMILES string of the molecule is CCOC(N)=O.[Pt]. The van der Waals surface area contributed by atoms with Gasteiger partial charge in [0.05, 0.1) is 6.61 Å². The van der Waals surface area contributed by atoms with Crippen LogP contribution in [0, 0.1) is 0 Å². The number of rotatable bonds is 1. The molecule has 0 aromatic carbocycles. The van der Waals surface area contributed by atoms with E-state index in [0.717, 1.165) is 0 Å². The molecule has 0 bridgehead atoms.